The van der Waals surface area contributed by atoms with Crippen LogP contribution in [0.3, 0.4) is 0 Å². The molecule has 0 fully saturated rings. The summed E-state index contributed by atoms with van der Waals surface area (Å²) < 4.78 is 2.93. The van der Waals surface area contributed by atoms with Crippen molar-refractivity contribution in [2.45, 2.75) is 33.4 Å². The van der Waals surface area contributed by atoms with Crippen molar-refractivity contribution in [3.63, 3.8) is 0 Å². The summed E-state index contributed by atoms with van der Waals surface area (Å²) in [5.41, 5.74) is 0.406. The highest BCUT2D eigenvalue weighted by molar-refractivity contribution is 5.48. The highest BCUT2D eigenvalue weighted by atomic mass is 16.2. The molecule has 0 radical (unpaired) electrons. The molecule has 0 spiro atoms. The number of rotatable bonds is 2. The summed E-state index contributed by atoms with van der Waals surface area (Å²) in [5.74, 6) is 0.720. The first kappa shape index (κ1) is 10.0. The summed E-state index contributed by atoms with van der Waals surface area (Å²) in [6.45, 7) is 5.50. The second-order valence-electron chi connectivity index (χ2n) is 3.58. The SMILES string of the molecule is CCn1c2c(c(=O)n(CC)c1=O)CCN2. The molecule has 0 amide bonds. The molecule has 1 aromatic heterocycles. The maximum atomic E-state index is 11.9. The van der Waals surface area contributed by atoms with Crippen molar-refractivity contribution in [1.29, 1.82) is 0 Å². The molecule has 0 aliphatic carbocycles. The van der Waals surface area contributed by atoms with E-state index in [-0.39, 0.29) is 11.2 Å². The van der Waals surface area contributed by atoms with Gasteiger partial charge in [-0.05, 0) is 20.3 Å². The van der Waals surface area contributed by atoms with Crippen molar-refractivity contribution in [2.24, 2.45) is 0 Å². The van der Waals surface area contributed by atoms with Crippen LogP contribution in [0.15, 0.2) is 9.59 Å². The first-order valence-corrected chi connectivity index (χ1v) is 5.31. The number of aromatic nitrogens is 2. The summed E-state index contributed by atoms with van der Waals surface area (Å²) in [6.07, 6.45) is 0.717. The van der Waals surface area contributed by atoms with E-state index in [0.29, 0.717) is 19.5 Å². The second-order valence-corrected chi connectivity index (χ2v) is 3.58. The number of nitrogens with zero attached hydrogens (tertiary/aromatic N) is 2. The van der Waals surface area contributed by atoms with E-state index in [9.17, 15) is 9.59 Å². The lowest BCUT2D eigenvalue weighted by Gasteiger charge is -2.12. The zero-order chi connectivity index (χ0) is 11.0. The molecule has 0 saturated heterocycles. The van der Waals surface area contributed by atoms with E-state index in [2.05, 4.69) is 5.32 Å². The van der Waals surface area contributed by atoms with Gasteiger partial charge in [-0.25, -0.2) is 4.79 Å². The van der Waals surface area contributed by atoms with E-state index in [1.54, 1.807) is 4.57 Å². The Morgan fingerprint density at radius 3 is 2.47 bits per heavy atom. The minimum absolute atomic E-state index is 0.132. The molecule has 5 nitrogen and oxygen atoms in total. The highest BCUT2D eigenvalue weighted by Gasteiger charge is 2.21. The monoisotopic (exact) mass is 209 g/mol. The molecule has 0 unspecified atom stereocenters. The van der Waals surface area contributed by atoms with Gasteiger partial charge in [-0.1, -0.05) is 0 Å². The van der Waals surface area contributed by atoms with Crippen LogP contribution in [0.4, 0.5) is 5.82 Å². The van der Waals surface area contributed by atoms with Gasteiger partial charge in [-0.3, -0.25) is 13.9 Å². The van der Waals surface area contributed by atoms with Crippen LogP contribution >= 0.6 is 0 Å². The molecule has 0 bridgehead atoms. The van der Waals surface area contributed by atoms with Gasteiger partial charge in [0.25, 0.3) is 5.56 Å². The van der Waals surface area contributed by atoms with Crippen molar-refractivity contribution in [3.8, 4) is 0 Å². The second kappa shape index (κ2) is 3.56. The fraction of sp³-hybridized carbons (Fsp3) is 0.600. The molecule has 0 atom stereocenters. The lowest BCUT2D eigenvalue weighted by atomic mass is 10.2. The van der Waals surface area contributed by atoms with E-state index in [1.165, 1.54) is 4.57 Å². The van der Waals surface area contributed by atoms with Crippen LogP contribution in [0.1, 0.15) is 19.4 Å². The Balaban J connectivity index is 2.84. The summed E-state index contributed by atoms with van der Waals surface area (Å²) in [4.78, 5) is 23.8. The third-order valence-corrected chi connectivity index (χ3v) is 2.82. The lowest BCUT2D eigenvalue weighted by Crippen LogP contribution is -2.40. The Morgan fingerprint density at radius 1 is 1.20 bits per heavy atom. The van der Waals surface area contributed by atoms with Crippen LogP contribution in [0.5, 0.6) is 0 Å². The zero-order valence-corrected chi connectivity index (χ0v) is 9.04. The molecule has 1 aromatic rings. The predicted molar refractivity (Wildman–Crippen MR) is 58.5 cm³/mol. The molecule has 1 aliphatic rings. The molecule has 15 heavy (non-hydrogen) atoms. The molecule has 1 aliphatic heterocycles. The Bertz CT molecular complexity index is 499. The van der Waals surface area contributed by atoms with Crippen LogP contribution < -0.4 is 16.6 Å². The molecule has 1 N–H and O–H groups in total. The average molecular weight is 209 g/mol. The van der Waals surface area contributed by atoms with E-state index < -0.39 is 0 Å². The minimum Gasteiger partial charge on any atom is -0.371 e. The molecular formula is C10H15N3O2. The number of hydrogen-bond acceptors (Lipinski definition) is 3. The third-order valence-electron chi connectivity index (χ3n) is 2.82. The normalized spacial score (nSPS) is 13.7. The predicted octanol–water partition coefficient (Wildman–Crippen LogP) is 0.0178. The maximum absolute atomic E-state index is 11.9. The molecule has 82 valence electrons. The van der Waals surface area contributed by atoms with E-state index in [4.69, 9.17) is 0 Å². The van der Waals surface area contributed by atoms with Crippen molar-refractivity contribution < 1.29 is 0 Å². The number of anilines is 1. The number of nitrogens with one attached hydrogen (secondary N) is 1. The summed E-state index contributed by atoms with van der Waals surface area (Å²) in [6, 6.07) is 0. The molecule has 0 saturated carbocycles. The third kappa shape index (κ3) is 1.30. The van der Waals surface area contributed by atoms with E-state index in [1.807, 2.05) is 13.8 Å². The topological polar surface area (TPSA) is 56.0 Å². The van der Waals surface area contributed by atoms with Gasteiger partial charge in [0.2, 0.25) is 0 Å². The van der Waals surface area contributed by atoms with Crippen molar-refractivity contribution in [2.75, 3.05) is 11.9 Å². The van der Waals surface area contributed by atoms with Gasteiger partial charge in [0.1, 0.15) is 5.82 Å². The lowest BCUT2D eigenvalue weighted by molar-refractivity contribution is 0.590. The smallest absolute Gasteiger partial charge is 0.332 e. The first-order chi connectivity index (χ1) is 7.20. The summed E-state index contributed by atoms with van der Waals surface area (Å²) in [5, 5.41) is 3.10. The van der Waals surface area contributed by atoms with Crippen molar-refractivity contribution in [1.82, 2.24) is 9.13 Å². The summed E-state index contributed by atoms with van der Waals surface area (Å²) >= 11 is 0. The number of fused-ring (bicyclic) bond motifs is 1. The first-order valence-electron chi connectivity index (χ1n) is 5.31. The largest absolute Gasteiger partial charge is 0.371 e. The molecular weight excluding hydrogens is 194 g/mol. The number of hydrogen-bond donors (Lipinski definition) is 1. The quantitative estimate of drug-likeness (QED) is 0.747. The maximum Gasteiger partial charge on any atom is 0.332 e. The van der Waals surface area contributed by atoms with Crippen LogP contribution in [-0.4, -0.2) is 15.7 Å². The van der Waals surface area contributed by atoms with Gasteiger partial charge in [-0.15, -0.1) is 0 Å². The molecule has 2 heterocycles. The van der Waals surface area contributed by atoms with Gasteiger partial charge in [0, 0.05) is 19.6 Å². The highest BCUT2D eigenvalue weighted by Crippen LogP contribution is 2.15. The van der Waals surface area contributed by atoms with Crippen molar-refractivity contribution in [3.05, 3.63) is 26.4 Å². The van der Waals surface area contributed by atoms with Crippen molar-refractivity contribution >= 4 is 5.82 Å². The Hall–Kier alpha value is -1.52. The van der Waals surface area contributed by atoms with Crippen LogP contribution in [0.2, 0.25) is 0 Å². The Labute approximate surface area is 87.3 Å². The van der Waals surface area contributed by atoms with E-state index >= 15 is 0 Å². The zero-order valence-electron chi connectivity index (χ0n) is 9.04. The van der Waals surface area contributed by atoms with E-state index in [0.717, 1.165) is 17.9 Å². The standard InChI is InChI=1S/C10H15N3O2/c1-3-12-8-7(5-6-11-8)9(14)13(4-2)10(12)15/h11H,3-6H2,1-2H3. The van der Waals surface area contributed by atoms with Crippen LogP contribution in [0, 0.1) is 0 Å². The molecule has 0 aromatic carbocycles. The Morgan fingerprint density at radius 2 is 1.87 bits per heavy atom. The molecule has 5 heteroatoms. The van der Waals surface area contributed by atoms with Gasteiger partial charge in [0.05, 0.1) is 5.56 Å². The van der Waals surface area contributed by atoms with Crippen LogP contribution in [0.25, 0.3) is 0 Å². The van der Waals surface area contributed by atoms with Gasteiger partial charge < -0.3 is 5.32 Å². The van der Waals surface area contributed by atoms with Gasteiger partial charge >= 0.3 is 5.69 Å². The van der Waals surface area contributed by atoms with Gasteiger partial charge in [0.15, 0.2) is 0 Å². The molecule has 2 rings (SSSR count). The summed E-state index contributed by atoms with van der Waals surface area (Å²) in [7, 11) is 0. The Kier molecular flexibility index (Phi) is 2.38. The average Bonchev–Trinajstić information content (AvgIpc) is 2.68. The fourth-order valence-corrected chi connectivity index (χ4v) is 2.06. The van der Waals surface area contributed by atoms with Crippen LogP contribution in [-0.2, 0) is 19.5 Å². The minimum atomic E-state index is -0.210. The fourth-order valence-electron chi connectivity index (χ4n) is 2.06. The van der Waals surface area contributed by atoms with Gasteiger partial charge in [-0.2, -0.15) is 0 Å².